The van der Waals surface area contributed by atoms with E-state index in [1.807, 2.05) is 0 Å². The topological polar surface area (TPSA) is 94.7 Å². The maximum absolute atomic E-state index is 12.0. The molecule has 0 aliphatic carbocycles. The van der Waals surface area contributed by atoms with Gasteiger partial charge in [-0.25, -0.2) is 0 Å². The van der Waals surface area contributed by atoms with E-state index >= 15 is 0 Å². The van der Waals surface area contributed by atoms with Crippen LogP contribution in [0, 0.1) is 17.0 Å². The van der Waals surface area contributed by atoms with Gasteiger partial charge in [0.25, 0.3) is 11.2 Å². The fourth-order valence-electron chi connectivity index (χ4n) is 2.03. The first-order valence-electron chi connectivity index (χ1n) is 6.20. The number of hydrogen-bond donors (Lipinski definition) is 0. The summed E-state index contributed by atoms with van der Waals surface area (Å²) in [7, 11) is 0. The molecule has 0 bridgehead atoms. The third-order valence-corrected chi connectivity index (χ3v) is 3.17. The predicted molar refractivity (Wildman–Crippen MR) is 69.5 cm³/mol. The summed E-state index contributed by atoms with van der Waals surface area (Å²) in [5.74, 6) is -0.242. The lowest BCUT2D eigenvalue weighted by Crippen LogP contribution is -2.43. The van der Waals surface area contributed by atoms with E-state index in [9.17, 15) is 19.7 Å². The molecule has 2 rings (SSSR count). The molecule has 0 atom stereocenters. The molecule has 0 saturated carbocycles. The summed E-state index contributed by atoms with van der Waals surface area (Å²) < 4.78 is 6.21. The highest BCUT2D eigenvalue weighted by molar-refractivity contribution is 5.76. The van der Waals surface area contributed by atoms with Crippen LogP contribution in [-0.4, -0.2) is 46.6 Å². The minimum Gasteiger partial charge on any atom is -0.378 e. The van der Waals surface area contributed by atoms with Gasteiger partial charge in [0.05, 0.1) is 24.3 Å². The Morgan fingerprint density at radius 1 is 1.45 bits per heavy atom. The van der Waals surface area contributed by atoms with Gasteiger partial charge in [-0.05, 0) is 6.92 Å². The molecule has 0 spiro atoms. The van der Waals surface area contributed by atoms with Gasteiger partial charge >= 0.3 is 0 Å². The van der Waals surface area contributed by atoms with Crippen molar-refractivity contribution >= 4 is 11.6 Å². The molecule has 1 aliphatic heterocycles. The highest BCUT2D eigenvalue weighted by atomic mass is 16.6. The number of carbonyl (C=O) groups is 1. The summed E-state index contributed by atoms with van der Waals surface area (Å²) in [6.45, 7) is 3.18. The van der Waals surface area contributed by atoms with Crippen LogP contribution in [0.3, 0.4) is 0 Å². The number of rotatable bonds is 3. The molecule has 0 unspecified atom stereocenters. The van der Waals surface area contributed by atoms with Gasteiger partial charge in [0.2, 0.25) is 5.91 Å². The van der Waals surface area contributed by atoms with Gasteiger partial charge in [-0.1, -0.05) is 0 Å². The van der Waals surface area contributed by atoms with Crippen LogP contribution in [0.15, 0.2) is 17.1 Å². The number of aryl methyl sites for hydroxylation is 1. The number of carbonyl (C=O) groups excluding carboxylic acids is 1. The molecule has 1 amide bonds. The Kier molecular flexibility index (Phi) is 4.14. The summed E-state index contributed by atoms with van der Waals surface area (Å²) in [5.41, 5.74) is -0.302. The summed E-state index contributed by atoms with van der Waals surface area (Å²) in [4.78, 5) is 35.7. The van der Waals surface area contributed by atoms with Gasteiger partial charge in [0, 0.05) is 24.7 Å². The molecule has 0 aromatic carbocycles. The molecule has 1 fully saturated rings. The zero-order valence-electron chi connectivity index (χ0n) is 11.1. The Hall–Kier alpha value is -2.22. The zero-order chi connectivity index (χ0) is 14.7. The van der Waals surface area contributed by atoms with Crippen molar-refractivity contribution in [2.45, 2.75) is 13.5 Å². The first-order valence-corrected chi connectivity index (χ1v) is 6.20. The van der Waals surface area contributed by atoms with Crippen molar-refractivity contribution < 1.29 is 14.5 Å². The number of ether oxygens (including phenoxy) is 1. The van der Waals surface area contributed by atoms with Gasteiger partial charge in [-0.15, -0.1) is 0 Å². The maximum Gasteiger partial charge on any atom is 0.288 e. The lowest BCUT2D eigenvalue weighted by Gasteiger charge is -2.27. The summed E-state index contributed by atoms with van der Waals surface area (Å²) in [6.07, 6.45) is 1.12. The van der Waals surface area contributed by atoms with E-state index in [1.165, 1.54) is 13.0 Å². The van der Waals surface area contributed by atoms with Crippen LogP contribution < -0.4 is 5.56 Å². The minimum atomic E-state index is -0.565. The van der Waals surface area contributed by atoms with Crippen LogP contribution in [-0.2, 0) is 16.1 Å². The first kappa shape index (κ1) is 14.2. The largest absolute Gasteiger partial charge is 0.378 e. The molecule has 1 aromatic heterocycles. The normalized spacial score (nSPS) is 15.2. The molecule has 0 radical (unpaired) electrons. The SMILES string of the molecule is Cc1cc(=O)n(CC(=O)N2CCOCC2)cc1[N+](=O)[O-]. The van der Waals surface area contributed by atoms with E-state index in [2.05, 4.69) is 0 Å². The van der Waals surface area contributed by atoms with Gasteiger partial charge in [0.15, 0.2) is 0 Å². The van der Waals surface area contributed by atoms with Crippen molar-refractivity contribution in [3.8, 4) is 0 Å². The summed E-state index contributed by atoms with van der Waals surface area (Å²) in [5, 5.41) is 10.9. The number of pyridine rings is 1. The van der Waals surface area contributed by atoms with Gasteiger partial charge in [-0.3, -0.25) is 24.3 Å². The summed E-state index contributed by atoms with van der Waals surface area (Å²) >= 11 is 0. The second-order valence-corrected chi connectivity index (χ2v) is 4.56. The van der Waals surface area contributed by atoms with Crippen molar-refractivity contribution in [3.05, 3.63) is 38.3 Å². The van der Waals surface area contributed by atoms with E-state index in [4.69, 9.17) is 4.74 Å². The van der Waals surface area contributed by atoms with Crippen molar-refractivity contribution in [1.29, 1.82) is 0 Å². The molecule has 8 nitrogen and oxygen atoms in total. The maximum atomic E-state index is 12.0. The van der Waals surface area contributed by atoms with E-state index < -0.39 is 10.5 Å². The Bertz CT molecular complexity index is 589. The molecule has 20 heavy (non-hydrogen) atoms. The molecule has 1 saturated heterocycles. The van der Waals surface area contributed by atoms with Gasteiger partial charge in [0.1, 0.15) is 6.54 Å². The predicted octanol–water partition coefficient (Wildman–Crippen LogP) is -0.0763. The smallest absolute Gasteiger partial charge is 0.288 e. The van der Waals surface area contributed by atoms with Crippen LogP contribution in [0.1, 0.15) is 5.56 Å². The molecule has 1 aliphatic rings. The highest BCUT2D eigenvalue weighted by Crippen LogP contribution is 2.14. The van der Waals surface area contributed by atoms with Gasteiger partial charge < -0.3 is 9.64 Å². The Balaban J connectivity index is 2.20. The van der Waals surface area contributed by atoms with Crippen molar-refractivity contribution in [2.24, 2.45) is 0 Å². The van der Waals surface area contributed by atoms with Gasteiger partial charge in [-0.2, -0.15) is 0 Å². The number of hydrogen-bond acceptors (Lipinski definition) is 5. The second kappa shape index (κ2) is 5.83. The lowest BCUT2D eigenvalue weighted by atomic mass is 10.2. The Morgan fingerprint density at radius 2 is 2.10 bits per heavy atom. The number of aromatic nitrogens is 1. The Labute approximate surface area is 114 Å². The number of morpholine rings is 1. The lowest BCUT2D eigenvalue weighted by molar-refractivity contribution is -0.385. The monoisotopic (exact) mass is 281 g/mol. The third kappa shape index (κ3) is 3.02. The Morgan fingerprint density at radius 3 is 2.70 bits per heavy atom. The highest BCUT2D eigenvalue weighted by Gasteiger charge is 2.19. The fraction of sp³-hybridized carbons (Fsp3) is 0.500. The van der Waals surface area contributed by atoms with Crippen molar-refractivity contribution in [1.82, 2.24) is 9.47 Å². The van der Waals surface area contributed by atoms with Crippen LogP contribution in [0.5, 0.6) is 0 Å². The number of nitrogens with zero attached hydrogens (tertiary/aromatic N) is 3. The number of nitro groups is 1. The van der Waals surface area contributed by atoms with Crippen molar-refractivity contribution in [3.63, 3.8) is 0 Å². The van der Waals surface area contributed by atoms with Crippen molar-refractivity contribution in [2.75, 3.05) is 26.3 Å². The van der Waals surface area contributed by atoms with Crippen LogP contribution in [0.25, 0.3) is 0 Å². The molecular weight excluding hydrogens is 266 g/mol. The van der Waals surface area contributed by atoms with E-state index in [0.717, 1.165) is 10.8 Å². The average Bonchev–Trinajstić information content (AvgIpc) is 2.42. The first-order chi connectivity index (χ1) is 9.49. The summed E-state index contributed by atoms with van der Waals surface area (Å²) in [6, 6.07) is 1.17. The molecular formula is C12H15N3O5. The van der Waals surface area contributed by atoms with E-state index in [1.54, 1.807) is 4.90 Å². The van der Waals surface area contributed by atoms with Crippen LogP contribution >= 0.6 is 0 Å². The molecule has 108 valence electrons. The third-order valence-electron chi connectivity index (χ3n) is 3.17. The molecule has 0 N–H and O–H groups in total. The molecule has 8 heteroatoms. The quantitative estimate of drug-likeness (QED) is 0.570. The second-order valence-electron chi connectivity index (χ2n) is 4.56. The van der Waals surface area contributed by atoms with E-state index in [-0.39, 0.29) is 23.7 Å². The minimum absolute atomic E-state index is 0.167. The standard InChI is InChI=1S/C12H15N3O5/c1-9-6-11(16)14(7-10(9)15(18)19)8-12(17)13-2-4-20-5-3-13/h6-7H,2-5,8H2,1H3. The molecule has 1 aromatic rings. The van der Waals surface area contributed by atoms with Crippen LogP contribution in [0.4, 0.5) is 5.69 Å². The van der Waals surface area contributed by atoms with Crippen LogP contribution in [0.2, 0.25) is 0 Å². The van der Waals surface area contributed by atoms with E-state index in [0.29, 0.717) is 26.3 Å². The fourth-order valence-corrected chi connectivity index (χ4v) is 2.03. The molecule has 2 heterocycles. The number of amides is 1. The zero-order valence-corrected chi connectivity index (χ0v) is 11.1. The average molecular weight is 281 g/mol.